The van der Waals surface area contributed by atoms with E-state index >= 15 is 0 Å². The second-order valence-electron chi connectivity index (χ2n) is 7.87. The van der Waals surface area contributed by atoms with Gasteiger partial charge < -0.3 is 13.8 Å². The van der Waals surface area contributed by atoms with Crippen molar-refractivity contribution in [2.45, 2.75) is 43.9 Å². The largest absolute Gasteiger partial charge is 0.465 e. The van der Waals surface area contributed by atoms with Gasteiger partial charge in [-0.05, 0) is 63.3 Å². The Morgan fingerprint density at radius 3 is 2.53 bits per heavy atom. The Kier molecular flexibility index (Phi) is 6.10. The molecule has 0 aliphatic carbocycles. The minimum atomic E-state index is -3.77. The first kappa shape index (κ1) is 20.9. The van der Waals surface area contributed by atoms with Crippen molar-refractivity contribution in [3.8, 4) is 0 Å². The number of sulfonamides is 1. The lowest BCUT2D eigenvalue weighted by Gasteiger charge is -2.35. The summed E-state index contributed by atoms with van der Waals surface area (Å²) in [4.78, 5) is 14.8. The van der Waals surface area contributed by atoms with Gasteiger partial charge in [-0.15, -0.1) is 0 Å². The second kappa shape index (κ2) is 8.77. The first-order valence-corrected chi connectivity index (χ1v) is 11.9. The lowest BCUT2D eigenvalue weighted by Crippen LogP contribution is -2.45. The molecule has 0 atom stereocenters. The fourth-order valence-electron chi connectivity index (χ4n) is 4.19. The molecule has 2 aliphatic heterocycles. The van der Waals surface area contributed by atoms with Crippen LogP contribution in [-0.4, -0.2) is 54.9 Å². The van der Waals surface area contributed by atoms with E-state index in [4.69, 9.17) is 8.94 Å². The molecule has 2 aromatic heterocycles. The number of hydrogen-bond donors (Lipinski definition) is 0. The fourth-order valence-corrected chi connectivity index (χ4v) is 5.91. The number of aromatic nitrogens is 1. The Labute approximate surface area is 176 Å². The Morgan fingerprint density at radius 1 is 1.13 bits per heavy atom. The van der Waals surface area contributed by atoms with Crippen molar-refractivity contribution < 1.29 is 22.2 Å². The zero-order valence-electron chi connectivity index (χ0n) is 17.1. The third-order valence-corrected chi connectivity index (χ3v) is 7.90. The summed E-state index contributed by atoms with van der Waals surface area (Å²) in [6.07, 6.45) is 9.10. The van der Waals surface area contributed by atoms with Crippen LogP contribution in [0.1, 0.15) is 49.3 Å². The third-order valence-electron chi connectivity index (χ3n) is 5.84. The van der Waals surface area contributed by atoms with Crippen molar-refractivity contribution >= 4 is 28.1 Å². The Hall–Kier alpha value is -2.39. The summed E-state index contributed by atoms with van der Waals surface area (Å²) in [6.45, 7) is 3.90. The lowest BCUT2D eigenvalue weighted by molar-refractivity contribution is -0.137. The molecule has 0 unspecified atom stereocenters. The zero-order valence-corrected chi connectivity index (χ0v) is 17.9. The summed E-state index contributed by atoms with van der Waals surface area (Å²) in [7, 11) is -3.77. The van der Waals surface area contributed by atoms with E-state index in [1.54, 1.807) is 31.2 Å². The molecule has 0 bridgehead atoms. The molecule has 4 heterocycles. The molecule has 2 aromatic rings. The van der Waals surface area contributed by atoms with E-state index in [-0.39, 0.29) is 22.5 Å². The molecule has 2 saturated heterocycles. The number of rotatable bonds is 5. The molecule has 0 N–H and O–H groups in total. The van der Waals surface area contributed by atoms with Crippen LogP contribution in [0.4, 0.5) is 0 Å². The van der Waals surface area contributed by atoms with Crippen LogP contribution in [0.3, 0.4) is 0 Å². The maximum absolute atomic E-state index is 13.3. The van der Waals surface area contributed by atoms with E-state index in [2.05, 4.69) is 5.16 Å². The summed E-state index contributed by atoms with van der Waals surface area (Å²) in [5.41, 5.74) is 0.320. The normalized spacial score (nSPS) is 19.6. The predicted octanol–water partition coefficient (Wildman–Crippen LogP) is 3.16. The van der Waals surface area contributed by atoms with Crippen LogP contribution in [0.25, 0.3) is 12.2 Å². The highest BCUT2D eigenvalue weighted by atomic mass is 32.2. The van der Waals surface area contributed by atoms with Gasteiger partial charge in [-0.25, -0.2) is 8.42 Å². The molecule has 9 heteroatoms. The summed E-state index contributed by atoms with van der Waals surface area (Å²) in [5, 5.41) is 3.86. The minimum Gasteiger partial charge on any atom is -0.465 e. The molecule has 0 radical (unpaired) electrons. The Morgan fingerprint density at radius 2 is 1.87 bits per heavy atom. The van der Waals surface area contributed by atoms with Crippen molar-refractivity contribution in [1.82, 2.24) is 14.4 Å². The molecular formula is C21H27N3O5S. The molecule has 2 aliphatic rings. The number of amides is 1. The Bertz CT molecular complexity index is 996. The number of carbonyl (C=O) groups is 1. The van der Waals surface area contributed by atoms with E-state index in [1.165, 1.54) is 17.0 Å². The fraction of sp³-hybridized carbons (Fsp3) is 0.524. The van der Waals surface area contributed by atoms with Gasteiger partial charge in [-0.2, -0.15) is 4.31 Å². The summed E-state index contributed by atoms with van der Waals surface area (Å²) >= 11 is 0. The lowest BCUT2D eigenvalue weighted by atomic mass is 9.95. The SMILES string of the molecule is Cc1noc(C=Cc2ccco2)c1S(=O)(=O)N1CCC(C(=O)N2CCCCC2)CC1. The van der Waals surface area contributed by atoms with Crippen molar-refractivity contribution in [2.24, 2.45) is 5.92 Å². The van der Waals surface area contributed by atoms with Gasteiger partial charge in [-0.3, -0.25) is 4.79 Å². The molecule has 0 saturated carbocycles. The van der Waals surface area contributed by atoms with E-state index in [9.17, 15) is 13.2 Å². The molecule has 2 fully saturated rings. The quantitative estimate of drug-likeness (QED) is 0.719. The van der Waals surface area contributed by atoms with Gasteiger partial charge >= 0.3 is 0 Å². The van der Waals surface area contributed by atoms with Gasteiger partial charge in [0, 0.05) is 32.1 Å². The van der Waals surface area contributed by atoms with Crippen molar-refractivity contribution in [2.75, 3.05) is 26.2 Å². The van der Waals surface area contributed by atoms with Gasteiger partial charge in [0.15, 0.2) is 10.7 Å². The number of aryl methyl sites for hydroxylation is 1. The number of piperidine rings is 2. The van der Waals surface area contributed by atoms with Crippen molar-refractivity contribution in [3.05, 3.63) is 35.6 Å². The Balaban J connectivity index is 1.46. The molecule has 1 amide bonds. The monoisotopic (exact) mass is 433 g/mol. The van der Waals surface area contributed by atoms with Gasteiger partial charge in [0.1, 0.15) is 11.5 Å². The zero-order chi connectivity index (χ0) is 21.1. The molecule has 8 nitrogen and oxygen atoms in total. The van der Waals surface area contributed by atoms with Crippen LogP contribution in [0.5, 0.6) is 0 Å². The first-order valence-electron chi connectivity index (χ1n) is 10.4. The maximum Gasteiger partial charge on any atom is 0.248 e. The smallest absolute Gasteiger partial charge is 0.248 e. The topological polar surface area (TPSA) is 96.9 Å². The van der Waals surface area contributed by atoms with Crippen LogP contribution < -0.4 is 0 Å². The van der Waals surface area contributed by atoms with Crippen LogP contribution in [0, 0.1) is 12.8 Å². The molecule has 4 rings (SSSR count). The molecule has 162 valence electrons. The van der Waals surface area contributed by atoms with Crippen LogP contribution in [0.2, 0.25) is 0 Å². The van der Waals surface area contributed by atoms with Crippen LogP contribution >= 0.6 is 0 Å². The highest BCUT2D eigenvalue weighted by Gasteiger charge is 2.37. The van der Waals surface area contributed by atoms with Gasteiger partial charge in [0.05, 0.1) is 6.26 Å². The number of likely N-dealkylation sites (tertiary alicyclic amines) is 1. The second-order valence-corrected chi connectivity index (χ2v) is 9.75. The third kappa shape index (κ3) is 4.22. The van der Waals surface area contributed by atoms with Gasteiger partial charge in [-0.1, -0.05) is 5.16 Å². The van der Waals surface area contributed by atoms with Gasteiger partial charge in [0.25, 0.3) is 0 Å². The van der Waals surface area contributed by atoms with Crippen LogP contribution in [0.15, 0.2) is 32.2 Å². The van der Waals surface area contributed by atoms with E-state index in [0.717, 1.165) is 25.9 Å². The average Bonchev–Trinajstić information content (AvgIpc) is 3.42. The van der Waals surface area contributed by atoms with Crippen LogP contribution in [-0.2, 0) is 14.8 Å². The highest BCUT2D eigenvalue weighted by Crippen LogP contribution is 2.30. The predicted molar refractivity (Wildman–Crippen MR) is 111 cm³/mol. The minimum absolute atomic E-state index is 0.0751. The highest BCUT2D eigenvalue weighted by molar-refractivity contribution is 7.89. The average molecular weight is 434 g/mol. The van der Waals surface area contributed by atoms with E-state index in [1.807, 2.05) is 4.90 Å². The first-order chi connectivity index (χ1) is 14.5. The molecule has 0 spiro atoms. The summed E-state index contributed by atoms with van der Waals surface area (Å²) in [5.74, 6) is 0.839. The van der Waals surface area contributed by atoms with Crippen molar-refractivity contribution in [3.63, 3.8) is 0 Å². The number of nitrogens with zero attached hydrogens (tertiary/aromatic N) is 3. The number of hydrogen-bond acceptors (Lipinski definition) is 6. The van der Waals surface area contributed by atoms with Gasteiger partial charge in [0.2, 0.25) is 15.9 Å². The summed E-state index contributed by atoms with van der Waals surface area (Å²) in [6, 6.07) is 3.51. The van der Waals surface area contributed by atoms with E-state index in [0.29, 0.717) is 37.4 Å². The number of carbonyl (C=O) groups excluding carboxylic acids is 1. The molecule has 30 heavy (non-hydrogen) atoms. The van der Waals surface area contributed by atoms with Crippen molar-refractivity contribution in [1.29, 1.82) is 0 Å². The standard InChI is InChI=1S/C21H27N3O5S/c1-16-20(19(29-22-16)8-7-18-6-5-15-28-18)30(26,27)24-13-9-17(10-14-24)21(25)23-11-3-2-4-12-23/h5-8,15,17H,2-4,9-14H2,1H3. The number of furan rings is 1. The van der Waals surface area contributed by atoms with E-state index < -0.39 is 10.0 Å². The molecule has 0 aromatic carbocycles. The molecular weight excluding hydrogens is 406 g/mol. The maximum atomic E-state index is 13.3. The summed E-state index contributed by atoms with van der Waals surface area (Å²) < 4.78 is 38.6.